The molecule has 0 unspecified atom stereocenters. The van der Waals surface area contributed by atoms with Gasteiger partial charge in [0.25, 0.3) is 0 Å². The molecule has 0 aliphatic carbocycles. The predicted molar refractivity (Wildman–Crippen MR) is 93.0 cm³/mol. The molecule has 2 aromatic rings. The molecule has 2 rings (SSSR count). The number of benzene rings is 2. The number of nitrogens with one attached hydrogen (secondary N) is 1. The Morgan fingerprint density at radius 3 is 2.62 bits per heavy atom. The Morgan fingerprint density at radius 1 is 1.27 bits per heavy atom. The maximum Gasteiger partial charge on any atom is 0.387 e. The molecule has 5 nitrogen and oxygen atoms in total. The fraction of sp³-hybridized carbons (Fsp3) is 0.158. The zero-order valence-electron chi connectivity index (χ0n) is 13.9. The van der Waals surface area contributed by atoms with Gasteiger partial charge in [0.05, 0.1) is 19.6 Å². The fourth-order valence-corrected chi connectivity index (χ4v) is 2.19. The van der Waals surface area contributed by atoms with Crippen LogP contribution >= 0.6 is 0 Å². The Morgan fingerprint density at radius 2 is 2.00 bits per heavy atom. The molecule has 0 aliphatic heterocycles. The third kappa shape index (κ3) is 5.31. The number of amides is 1. The summed E-state index contributed by atoms with van der Waals surface area (Å²) in [5.41, 5.74) is 1.67. The summed E-state index contributed by atoms with van der Waals surface area (Å²) >= 11 is 0. The van der Waals surface area contributed by atoms with Gasteiger partial charge in [0.15, 0.2) is 11.5 Å². The number of para-hydroxylation sites is 1. The SMILES string of the molecule is COc1cccc(/C=C/C(=O)Nc2ccc(CC#N)cc2)c1OC(F)F. The maximum atomic E-state index is 12.6. The average Bonchev–Trinajstić information content (AvgIpc) is 2.62. The highest BCUT2D eigenvalue weighted by molar-refractivity contribution is 6.02. The van der Waals surface area contributed by atoms with E-state index >= 15 is 0 Å². The van der Waals surface area contributed by atoms with Gasteiger partial charge < -0.3 is 14.8 Å². The summed E-state index contributed by atoms with van der Waals surface area (Å²) in [6.07, 6.45) is 2.85. The Bertz CT molecular complexity index is 828. The average molecular weight is 358 g/mol. The Labute approximate surface area is 149 Å². The molecule has 0 saturated heterocycles. The lowest BCUT2D eigenvalue weighted by molar-refractivity contribution is -0.111. The van der Waals surface area contributed by atoms with Gasteiger partial charge in [-0.15, -0.1) is 0 Å². The third-order valence-electron chi connectivity index (χ3n) is 3.36. The second-order valence-corrected chi connectivity index (χ2v) is 5.11. The number of rotatable bonds is 7. The minimum Gasteiger partial charge on any atom is -0.493 e. The van der Waals surface area contributed by atoms with Gasteiger partial charge in [-0.05, 0) is 29.8 Å². The molecule has 7 heteroatoms. The first-order valence-electron chi connectivity index (χ1n) is 7.60. The third-order valence-corrected chi connectivity index (χ3v) is 3.36. The van der Waals surface area contributed by atoms with E-state index in [4.69, 9.17) is 10.00 Å². The van der Waals surface area contributed by atoms with Crippen molar-refractivity contribution in [3.63, 3.8) is 0 Å². The van der Waals surface area contributed by atoms with Crippen molar-refractivity contribution in [1.82, 2.24) is 0 Å². The van der Waals surface area contributed by atoms with Crippen molar-refractivity contribution in [3.8, 4) is 17.6 Å². The Hall–Kier alpha value is -3.40. The van der Waals surface area contributed by atoms with E-state index in [9.17, 15) is 13.6 Å². The van der Waals surface area contributed by atoms with Crippen LogP contribution in [0.2, 0.25) is 0 Å². The lowest BCUT2D eigenvalue weighted by atomic mass is 10.1. The van der Waals surface area contributed by atoms with Gasteiger partial charge >= 0.3 is 6.61 Å². The molecular weight excluding hydrogens is 342 g/mol. The van der Waals surface area contributed by atoms with Crippen LogP contribution in [0, 0.1) is 11.3 Å². The Kier molecular flexibility index (Phi) is 6.68. The van der Waals surface area contributed by atoms with Crippen molar-refractivity contribution < 1.29 is 23.0 Å². The number of ether oxygens (including phenoxy) is 2. The van der Waals surface area contributed by atoms with Crippen LogP contribution in [0.1, 0.15) is 11.1 Å². The molecule has 1 N–H and O–H groups in total. The van der Waals surface area contributed by atoms with Crippen molar-refractivity contribution >= 4 is 17.7 Å². The van der Waals surface area contributed by atoms with E-state index in [1.807, 2.05) is 6.07 Å². The molecule has 134 valence electrons. The molecule has 1 amide bonds. The maximum absolute atomic E-state index is 12.6. The van der Waals surface area contributed by atoms with Crippen LogP contribution in [0.25, 0.3) is 6.08 Å². The molecule has 0 bridgehead atoms. The first-order valence-corrected chi connectivity index (χ1v) is 7.60. The van der Waals surface area contributed by atoms with E-state index in [1.54, 1.807) is 30.3 Å². The van der Waals surface area contributed by atoms with Crippen LogP contribution in [-0.2, 0) is 11.2 Å². The zero-order chi connectivity index (χ0) is 18.9. The number of nitrogens with zero attached hydrogens (tertiary/aromatic N) is 1. The second kappa shape index (κ2) is 9.18. The van der Waals surface area contributed by atoms with Crippen molar-refractivity contribution in [2.24, 2.45) is 0 Å². The van der Waals surface area contributed by atoms with Crippen LogP contribution < -0.4 is 14.8 Å². The number of carbonyl (C=O) groups excluding carboxylic acids is 1. The first kappa shape index (κ1) is 18.9. The van der Waals surface area contributed by atoms with Crippen LogP contribution in [-0.4, -0.2) is 19.6 Å². The molecule has 0 aliphatic rings. The lowest BCUT2D eigenvalue weighted by Gasteiger charge is -2.12. The van der Waals surface area contributed by atoms with E-state index in [-0.39, 0.29) is 23.5 Å². The number of halogens is 2. The normalized spacial score (nSPS) is 10.6. The quantitative estimate of drug-likeness (QED) is 0.759. The van der Waals surface area contributed by atoms with Gasteiger partial charge in [0.1, 0.15) is 0 Å². The number of carbonyl (C=O) groups is 1. The molecule has 0 spiro atoms. The molecule has 0 aromatic heterocycles. The topological polar surface area (TPSA) is 71.3 Å². The lowest BCUT2D eigenvalue weighted by Crippen LogP contribution is -2.08. The van der Waals surface area contributed by atoms with Crippen molar-refractivity contribution in [1.29, 1.82) is 5.26 Å². The summed E-state index contributed by atoms with van der Waals surface area (Å²) in [5, 5.41) is 11.3. The highest BCUT2D eigenvalue weighted by Crippen LogP contribution is 2.33. The minimum atomic E-state index is -3.01. The van der Waals surface area contributed by atoms with Crippen LogP contribution in [0.5, 0.6) is 11.5 Å². The first-order chi connectivity index (χ1) is 12.5. The zero-order valence-corrected chi connectivity index (χ0v) is 13.9. The molecular formula is C19H16F2N2O3. The molecule has 0 fully saturated rings. The van der Waals surface area contributed by atoms with E-state index in [0.29, 0.717) is 5.69 Å². The van der Waals surface area contributed by atoms with Crippen molar-refractivity contribution in [3.05, 3.63) is 59.7 Å². The minimum absolute atomic E-state index is 0.140. The van der Waals surface area contributed by atoms with Crippen LogP contribution in [0.15, 0.2) is 48.5 Å². The molecule has 2 aromatic carbocycles. The van der Waals surface area contributed by atoms with Gasteiger partial charge in [-0.3, -0.25) is 4.79 Å². The van der Waals surface area contributed by atoms with E-state index in [2.05, 4.69) is 10.1 Å². The number of anilines is 1. The molecule has 0 radical (unpaired) electrons. The summed E-state index contributed by atoms with van der Waals surface area (Å²) in [4.78, 5) is 12.0. The number of hydrogen-bond acceptors (Lipinski definition) is 4. The highest BCUT2D eigenvalue weighted by Gasteiger charge is 2.14. The molecule has 0 saturated carbocycles. The summed E-state index contributed by atoms with van der Waals surface area (Å²) in [6.45, 7) is -3.01. The van der Waals surface area contributed by atoms with Gasteiger partial charge in [0.2, 0.25) is 5.91 Å². The summed E-state index contributed by atoms with van der Waals surface area (Å²) in [6, 6.07) is 13.5. The monoisotopic (exact) mass is 358 g/mol. The van der Waals surface area contributed by atoms with Gasteiger partial charge in [-0.2, -0.15) is 14.0 Å². The van der Waals surface area contributed by atoms with Gasteiger partial charge in [0, 0.05) is 17.3 Å². The molecule has 0 atom stereocenters. The smallest absolute Gasteiger partial charge is 0.387 e. The van der Waals surface area contributed by atoms with Gasteiger partial charge in [-0.1, -0.05) is 24.3 Å². The Balaban J connectivity index is 2.11. The largest absolute Gasteiger partial charge is 0.493 e. The van der Waals surface area contributed by atoms with E-state index in [1.165, 1.54) is 31.4 Å². The second-order valence-electron chi connectivity index (χ2n) is 5.11. The molecule has 0 heterocycles. The van der Waals surface area contributed by atoms with Crippen molar-refractivity contribution in [2.45, 2.75) is 13.0 Å². The number of nitriles is 1. The van der Waals surface area contributed by atoms with E-state index in [0.717, 1.165) is 5.56 Å². The van der Waals surface area contributed by atoms with Crippen molar-refractivity contribution in [2.75, 3.05) is 12.4 Å². The number of methoxy groups -OCH3 is 1. The van der Waals surface area contributed by atoms with Crippen LogP contribution in [0.3, 0.4) is 0 Å². The number of hydrogen-bond donors (Lipinski definition) is 1. The summed E-state index contributed by atoms with van der Waals surface area (Å²) in [7, 11) is 1.34. The fourth-order valence-electron chi connectivity index (χ4n) is 2.19. The van der Waals surface area contributed by atoms with E-state index < -0.39 is 12.5 Å². The summed E-state index contributed by atoms with van der Waals surface area (Å²) in [5.74, 6) is -0.445. The standard InChI is InChI=1S/C19H16F2N2O3/c1-25-16-4-2-3-14(18(16)26-19(20)21)7-10-17(24)23-15-8-5-13(6-9-15)11-12-22/h2-10,19H,11H2,1H3,(H,23,24)/b10-7+. The molecule has 26 heavy (non-hydrogen) atoms. The van der Waals surface area contributed by atoms with Gasteiger partial charge in [-0.25, -0.2) is 0 Å². The highest BCUT2D eigenvalue weighted by atomic mass is 19.3. The predicted octanol–water partition coefficient (Wildman–Crippen LogP) is 4.01. The van der Waals surface area contributed by atoms with Crippen LogP contribution in [0.4, 0.5) is 14.5 Å². The summed E-state index contributed by atoms with van der Waals surface area (Å²) < 4.78 is 34.7. The number of alkyl halides is 2.